The van der Waals surface area contributed by atoms with Crippen LogP contribution in [0.3, 0.4) is 0 Å². The SMILES string of the molecule is CC(C)NC(=O)CN[C@H]1CC[C@H](CNC(=O)c2cc(CF)cc(C(F)(F)F)c2)CC1. The first-order valence-corrected chi connectivity index (χ1v) is 10.2. The van der Waals surface area contributed by atoms with Crippen LogP contribution in [0.4, 0.5) is 17.6 Å². The van der Waals surface area contributed by atoms with Gasteiger partial charge < -0.3 is 16.0 Å². The smallest absolute Gasteiger partial charge is 0.353 e. The molecule has 2 rings (SSSR count). The molecule has 0 heterocycles. The van der Waals surface area contributed by atoms with Crippen LogP contribution in [0, 0.1) is 5.92 Å². The third kappa shape index (κ3) is 7.59. The molecule has 1 aliphatic carbocycles. The van der Waals surface area contributed by atoms with Crippen LogP contribution in [0.15, 0.2) is 18.2 Å². The van der Waals surface area contributed by atoms with Crippen LogP contribution in [-0.4, -0.2) is 37.0 Å². The van der Waals surface area contributed by atoms with E-state index in [2.05, 4.69) is 16.0 Å². The van der Waals surface area contributed by atoms with Crippen LogP contribution in [0.1, 0.15) is 61.0 Å². The first kappa shape index (κ1) is 24.1. The predicted molar refractivity (Wildman–Crippen MR) is 106 cm³/mol. The van der Waals surface area contributed by atoms with Crippen molar-refractivity contribution >= 4 is 11.8 Å². The Labute approximate surface area is 174 Å². The fourth-order valence-electron chi connectivity index (χ4n) is 3.58. The average molecular weight is 431 g/mol. The maximum atomic E-state index is 13.0. The van der Waals surface area contributed by atoms with Crippen LogP contribution >= 0.6 is 0 Å². The van der Waals surface area contributed by atoms with Crippen molar-refractivity contribution in [3.63, 3.8) is 0 Å². The van der Waals surface area contributed by atoms with E-state index >= 15 is 0 Å². The van der Waals surface area contributed by atoms with E-state index in [1.165, 1.54) is 0 Å². The molecule has 9 heteroatoms. The first-order valence-electron chi connectivity index (χ1n) is 10.2. The summed E-state index contributed by atoms with van der Waals surface area (Å²) in [6.07, 6.45) is -1.27. The van der Waals surface area contributed by atoms with Gasteiger partial charge in [-0.3, -0.25) is 9.59 Å². The Morgan fingerprint density at radius 2 is 1.77 bits per heavy atom. The molecule has 1 aromatic carbocycles. The third-order valence-electron chi connectivity index (χ3n) is 5.14. The summed E-state index contributed by atoms with van der Waals surface area (Å²) in [4.78, 5) is 24.0. The molecular weight excluding hydrogens is 402 g/mol. The van der Waals surface area contributed by atoms with Crippen molar-refractivity contribution < 1.29 is 27.2 Å². The van der Waals surface area contributed by atoms with Crippen LogP contribution < -0.4 is 16.0 Å². The number of amides is 2. The number of nitrogens with one attached hydrogen (secondary N) is 3. The van der Waals surface area contributed by atoms with Crippen molar-refractivity contribution in [2.24, 2.45) is 5.92 Å². The van der Waals surface area contributed by atoms with Crippen LogP contribution in [-0.2, 0) is 17.6 Å². The van der Waals surface area contributed by atoms with Crippen molar-refractivity contribution in [1.29, 1.82) is 0 Å². The van der Waals surface area contributed by atoms with E-state index in [9.17, 15) is 27.2 Å². The topological polar surface area (TPSA) is 70.2 Å². The minimum atomic E-state index is -4.64. The van der Waals surface area contributed by atoms with Gasteiger partial charge >= 0.3 is 6.18 Å². The van der Waals surface area contributed by atoms with Gasteiger partial charge in [0.15, 0.2) is 0 Å². The highest BCUT2D eigenvalue weighted by Gasteiger charge is 2.32. The normalized spacial score (nSPS) is 19.6. The average Bonchev–Trinajstić information content (AvgIpc) is 2.69. The van der Waals surface area contributed by atoms with Gasteiger partial charge in [0.25, 0.3) is 5.91 Å². The maximum absolute atomic E-state index is 13.0. The van der Waals surface area contributed by atoms with Gasteiger partial charge in [0.1, 0.15) is 6.67 Å². The summed E-state index contributed by atoms with van der Waals surface area (Å²) in [5, 5.41) is 8.72. The van der Waals surface area contributed by atoms with Crippen LogP contribution in [0.5, 0.6) is 0 Å². The Hall–Kier alpha value is -2.16. The van der Waals surface area contributed by atoms with Gasteiger partial charge in [-0.15, -0.1) is 0 Å². The van der Waals surface area contributed by atoms with E-state index < -0.39 is 24.3 Å². The van der Waals surface area contributed by atoms with Gasteiger partial charge in [-0.05, 0) is 69.2 Å². The molecule has 0 unspecified atom stereocenters. The molecular formula is C21H29F4N3O2. The second-order valence-corrected chi connectivity index (χ2v) is 8.08. The number of halogens is 4. The number of hydrogen-bond donors (Lipinski definition) is 3. The zero-order valence-electron chi connectivity index (χ0n) is 17.2. The number of benzene rings is 1. The molecule has 0 saturated heterocycles. The molecule has 3 N–H and O–H groups in total. The number of rotatable bonds is 8. The fourth-order valence-corrected chi connectivity index (χ4v) is 3.58. The minimum Gasteiger partial charge on any atom is -0.353 e. The lowest BCUT2D eigenvalue weighted by atomic mass is 9.86. The minimum absolute atomic E-state index is 0.0480. The van der Waals surface area contributed by atoms with Gasteiger partial charge in [0.2, 0.25) is 5.91 Å². The largest absolute Gasteiger partial charge is 0.416 e. The van der Waals surface area contributed by atoms with E-state index in [1.54, 1.807) is 0 Å². The summed E-state index contributed by atoms with van der Waals surface area (Å²) in [5.41, 5.74) is -1.40. The molecule has 1 aromatic rings. The second kappa shape index (κ2) is 10.7. The van der Waals surface area contributed by atoms with Crippen molar-refractivity contribution in [2.45, 2.75) is 64.5 Å². The number of hydrogen-bond acceptors (Lipinski definition) is 3. The molecule has 5 nitrogen and oxygen atoms in total. The van der Waals surface area contributed by atoms with Crippen LogP contribution in [0.2, 0.25) is 0 Å². The Morgan fingerprint density at radius 3 is 2.33 bits per heavy atom. The third-order valence-corrected chi connectivity index (χ3v) is 5.14. The lowest BCUT2D eigenvalue weighted by Gasteiger charge is -2.29. The lowest BCUT2D eigenvalue weighted by Crippen LogP contribution is -2.43. The summed E-state index contributed by atoms with van der Waals surface area (Å²) < 4.78 is 51.7. The maximum Gasteiger partial charge on any atom is 0.416 e. The summed E-state index contributed by atoms with van der Waals surface area (Å²) in [5.74, 6) is -0.475. The number of alkyl halides is 4. The quantitative estimate of drug-likeness (QED) is 0.551. The Balaban J connectivity index is 1.80. The Morgan fingerprint density at radius 1 is 1.10 bits per heavy atom. The standard InChI is InChI=1S/C21H29F4N3O2/c1-13(2)28-19(29)12-26-18-5-3-14(4-6-18)11-27-20(30)16-7-15(10-22)8-17(9-16)21(23,24)25/h7-9,13-14,18,26H,3-6,10-12H2,1-2H3,(H,27,30)(H,28,29)/t14-,18-. The predicted octanol–water partition coefficient (Wildman–Crippen LogP) is 3.58. The van der Waals surface area contributed by atoms with Crippen LogP contribution in [0.25, 0.3) is 0 Å². The van der Waals surface area contributed by atoms with Crippen molar-refractivity contribution in [3.8, 4) is 0 Å². The molecule has 30 heavy (non-hydrogen) atoms. The molecule has 2 amide bonds. The van der Waals surface area contributed by atoms with Gasteiger partial charge in [0.05, 0.1) is 12.1 Å². The number of carbonyl (C=O) groups excluding carboxylic acids is 2. The second-order valence-electron chi connectivity index (χ2n) is 8.08. The molecule has 0 spiro atoms. The molecule has 1 fully saturated rings. The monoisotopic (exact) mass is 431 g/mol. The molecule has 0 aromatic heterocycles. The zero-order chi connectivity index (χ0) is 22.3. The molecule has 168 valence electrons. The van der Waals surface area contributed by atoms with Crippen molar-refractivity contribution in [2.75, 3.05) is 13.1 Å². The fraction of sp³-hybridized carbons (Fsp3) is 0.619. The molecule has 1 saturated carbocycles. The molecule has 0 bridgehead atoms. The molecule has 0 radical (unpaired) electrons. The van der Waals surface area contributed by atoms with Gasteiger partial charge in [0, 0.05) is 24.2 Å². The van der Waals surface area contributed by atoms with E-state index in [0.29, 0.717) is 12.6 Å². The summed E-state index contributed by atoms with van der Waals surface area (Å²) in [7, 11) is 0. The van der Waals surface area contributed by atoms with Crippen molar-refractivity contribution in [1.82, 2.24) is 16.0 Å². The highest BCUT2D eigenvalue weighted by molar-refractivity contribution is 5.94. The lowest BCUT2D eigenvalue weighted by molar-refractivity contribution is -0.137. The van der Waals surface area contributed by atoms with Gasteiger partial charge in [-0.1, -0.05) is 0 Å². The van der Waals surface area contributed by atoms with E-state index in [0.717, 1.165) is 37.8 Å². The highest BCUT2D eigenvalue weighted by Crippen LogP contribution is 2.31. The number of carbonyl (C=O) groups is 2. The summed E-state index contributed by atoms with van der Waals surface area (Å²) in [6, 6.07) is 2.93. The summed E-state index contributed by atoms with van der Waals surface area (Å²) >= 11 is 0. The van der Waals surface area contributed by atoms with Crippen molar-refractivity contribution in [3.05, 3.63) is 34.9 Å². The van der Waals surface area contributed by atoms with E-state index in [-0.39, 0.29) is 41.6 Å². The van der Waals surface area contributed by atoms with Gasteiger partial charge in [-0.25, -0.2) is 4.39 Å². The van der Waals surface area contributed by atoms with E-state index in [4.69, 9.17) is 0 Å². The molecule has 1 aliphatic rings. The summed E-state index contributed by atoms with van der Waals surface area (Å²) in [6.45, 7) is 3.33. The highest BCUT2D eigenvalue weighted by atomic mass is 19.4. The van der Waals surface area contributed by atoms with E-state index in [1.807, 2.05) is 13.8 Å². The Kier molecular flexibility index (Phi) is 8.64. The zero-order valence-corrected chi connectivity index (χ0v) is 17.2. The van der Waals surface area contributed by atoms with Gasteiger partial charge in [-0.2, -0.15) is 13.2 Å². The molecule has 0 aliphatic heterocycles. The Bertz CT molecular complexity index is 729. The first-order chi connectivity index (χ1) is 14.1. The molecule has 0 atom stereocenters.